The van der Waals surface area contributed by atoms with E-state index in [1.807, 2.05) is 13.0 Å². The molecular formula is C15H20BrNO3. The predicted octanol–water partition coefficient (Wildman–Crippen LogP) is 3.22. The van der Waals surface area contributed by atoms with Crippen LogP contribution in [0.4, 0.5) is 0 Å². The average Bonchev–Trinajstić information content (AvgIpc) is 2.30. The molecule has 1 atom stereocenters. The van der Waals surface area contributed by atoms with Crippen molar-refractivity contribution in [2.45, 2.75) is 46.3 Å². The van der Waals surface area contributed by atoms with Gasteiger partial charge in [0.1, 0.15) is 11.6 Å². The highest BCUT2D eigenvalue weighted by atomic mass is 79.9. The molecule has 0 spiro atoms. The van der Waals surface area contributed by atoms with Crippen molar-refractivity contribution in [2.24, 2.45) is 0 Å². The number of esters is 1. The first-order chi connectivity index (χ1) is 9.10. The average molecular weight is 342 g/mol. The smallest absolute Gasteiger partial charge is 0.328 e. The first-order valence-corrected chi connectivity index (χ1v) is 7.19. The lowest BCUT2D eigenvalue weighted by Gasteiger charge is -2.22. The van der Waals surface area contributed by atoms with Gasteiger partial charge in [-0.05, 0) is 52.3 Å². The molecule has 1 aromatic carbocycles. The number of nitrogens with one attached hydrogen (secondary N) is 1. The van der Waals surface area contributed by atoms with Crippen LogP contribution >= 0.6 is 15.9 Å². The van der Waals surface area contributed by atoms with Crippen molar-refractivity contribution < 1.29 is 14.3 Å². The van der Waals surface area contributed by atoms with Gasteiger partial charge in [0.15, 0.2) is 0 Å². The second kappa shape index (κ2) is 6.39. The van der Waals surface area contributed by atoms with E-state index in [4.69, 9.17) is 4.74 Å². The summed E-state index contributed by atoms with van der Waals surface area (Å²) >= 11 is 3.38. The maximum absolute atomic E-state index is 12.0. The molecule has 5 heteroatoms. The van der Waals surface area contributed by atoms with Gasteiger partial charge in [-0.15, -0.1) is 0 Å². The van der Waals surface area contributed by atoms with Gasteiger partial charge in [-0.2, -0.15) is 0 Å². The quantitative estimate of drug-likeness (QED) is 0.858. The summed E-state index contributed by atoms with van der Waals surface area (Å²) in [4.78, 5) is 23.8. The normalized spacial score (nSPS) is 12.7. The molecule has 0 bridgehead atoms. The molecule has 1 rings (SSSR count). The summed E-state index contributed by atoms with van der Waals surface area (Å²) in [6.07, 6.45) is 0. The predicted molar refractivity (Wildman–Crippen MR) is 81.7 cm³/mol. The molecule has 0 radical (unpaired) electrons. The fourth-order valence-corrected chi connectivity index (χ4v) is 1.84. The van der Waals surface area contributed by atoms with Gasteiger partial charge in [-0.1, -0.05) is 22.0 Å². The monoisotopic (exact) mass is 341 g/mol. The maximum atomic E-state index is 12.0. The standard InChI is InChI=1S/C15H20BrNO3/c1-9-6-7-11(8-12(9)16)13(18)17-10(2)14(19)20-15(3,4)5/h6-8,10H,1-5H3,(H,17,18)/t10-/m1/s1. The number of carbonyl (C=O) groups is 2. The largest absolute Gasteiger partial charge is 0.458 e. The highest BCUT2D eigenvalue weighted by Gasteiger charge is 2.23. The summed E-state index contributed by atoms with van der Waals surface area (Å²) in [7, 11) is 0. The van der Waals surface area contributed by atoms with E-state index in [9.17, 15) is 9.59 Å². The summed E-state index contributed by atoms with van der Waals surface area (Å²) in [6.45, 7) is 8.91. The van der Waals surface area contributed by atoms with Gasteiger partial charge in [-0.25, -0.2) is 4.79 Å². The van der Waals surface area contributed by atoms with Crippen LogP contribution in [0.1, 0.15) is 43.6 Å². The van der Waals surface area contributed by atoms with Crippen molar-refractivity contribution >= 4 is 27.8 Å². The minimum Gasteiger partial charge on any atom is -0.458 e. The molecule has 1 aromatic rings. The van der Waals surface area contributed by atoms with E-state index >= 15 is 0 Å². The van der Waals surface area contributed by atoms with Gasteiger partial charge >= 0.3 is 5.97 Å². The number of carbonyl (C=O) groups excluding carboxylic acids is 2. The van der Waals surface area contributed by atoms with Gasteiger partial charge in [-0.3, -0.25) is 4.79 Å². The Labute approximate surface area is 128 Å². The Morgan fingerprint density at radius 1 is 1.30 bits per heavy atom. The van der Waals surface area contributed by atoms with Crippen LogP contribution < -0.4 is 5.32 Å². The second-order valence-corrected chi connectivity index (χ2v) is 6.55. The van der Waals surface area contributed by atoms with Crippen LogP contribution in [-0.4, -0.2) is 23.5 Å². The number of halogens is 1. The lowest BCUT2D eigenvalue weighted by Crippen LogP contribution is -2.42. The van der Waals surface area contributed by atoms with Crippen molar-refractivity contribution in [3.63, 3.8) is 0 Å². The highest BCUT2D eigenvalue weighted by molar-refractivity contribution is 9.10. The molecule has 1 amide bonds. The molecule has 0 heterocycles. The Balaban J connectivity index is 2.70. The number of hydrogen-bond acceptors (Lipinski definition) is 3. The molecule has 1 N–H and O–H groups in total. The fraction of sp³-hybridized carbons (Fsp3) is 0.467. The van der Waals surface area contributed by atoms with Crippen molar-refractivity contribution in [1.82, 2.24) is 5.32 Å². The third-order valence-electron chi connectivity index (χ3n) is 2.54. The van der Waals surface area contributed by atoms with Gasteiger partial charge in [0, 0.05) is 10.0 Å². The Bertz CT molecular complexity index is 520. The lowest BCUT2D eigenvalue weighted by atomic mass is 10.1. The number of hydrogen-bond donors (Lipinski definition) is 1. The zero-order valence-electron chi connectivity index (χ0n) is 12.4. The topological polar surface area (TPSA) is 55.4 Å². The van der Waals surface area contributed by atoms with Crippen LogP contribution in [0.15, 0.2) is 22.7 Å². The highest BCUT2D eigenvalue weighted by Crippen LogP contribution is 2.17. The lowest BCUT2D eigenvalue weighted by molar-refractivity contribution is -0.156. The molecule has 4 nitrogen and oxygen atoms in total. The third-order valence-corrected chi connectivity index (χ3v) is 3.40. The SMILES string of the molecule is Cc1ccc(C(=O)N[C@H](C)C(=O)OC(C)(C)C)cc1Br. The first kappa shape index (κ1) is 16.7. The molecule has 0 aromatic heterocycles. The third kappa shape index (κ3) is 4.96. The van der Waals surface area contributed by atoms with E-state index in [0.29, 0.717) is 5.56 Å². The van der Waals surface area contributed by atoms with E-state index in [-0.39, 0.29) is 5.91 Å². The van der Waals surface area contributed by atoms with Crippen molar-refractivity contribution in [3.05, 3.63) is 33.8 Å². The zero-order chi connectivity index (χ0) is 15.5. The summed E-state index contributed by atoms with van der Waals surface area (Å²) in [6, 6.07) is 4.60. The van der Waals surface area contributed by atoms with Crippen LogP contribution in [0.2, 0.25) is 0 Å². The molecule has 0 aliphatic heterocycles. The summed E-state index contributed by atoms with van der Waals surface area (Å²) < 4.78 is 6.07. The summed E-state index contributed by atoms with van der Waals surface area (Å²) in [5.74, 6) is -0.749. The fourth-order valence-electron chi connectivity index (χ4n) is 1.46. The molecule has 0 fully saturated rings. The number of aryl methyl sites for hydroxylation is 1. The molecule has 0 saturated carbocycles. The van der Waals surface area contributed by atoms with Crippen LogP contribution in [-0.2, 0) is 9.53 Å². The van der Waals surface area contributed by atoms with E-state index in [2.05, 4.69) is 21.2 Å². The summed E-state index contributed by atoms with van der Waals surface area (Å²) in [5, 5.41) is 2.63. The Hall–Kier alpha value is -1.36. The van der Waals surface area contributed by atoms with E-state index in [0.717, 1.165) is 10.0 Å². The van der Waals surface area contributed by atoms with Gasteiger partial charge in [0.25, 0.3) is 5.91 Å². The van der Waals surface area contributed by atoms with E-state index in [1.165, 1.54) is 0 Å². The number of ether oxygens (including phenoxy) is 1. The van der Waals surface area contributed by atoms with E-state index in [1.54, 1.807) is 39.8 Å². The van der Waals surface area contributed by atoms with Crippen molar-refractivity contribution in [1.29, 1.82) is 0 Å². The van der Waals surface area contributed by atoms with E-state index < -0.39 is 17.6 Å². The number of rotatable bonds is 3. The van der Waals surface area contributed by atoms with Crippen LogP contribution in [0.25, 0.3) is 0 Å². The summed E-state index contributed by atoms with van der Waals surface area (Å²) in [5.41, 5.74) is 0.975. The van der Waals surface area contributed by atoms with Gasteiger partial charge in [0.2, 0.25) is 0 Å². The van der Waals surface area contributed by atoms with Gasteiger partial charge in [0.05, 0.1) is 0 Å². The molecule has 0 saturated heterocycles. The van der Waals surface area contributed by atoms with Crippen LogP contribution in [0, 0.1) is 6.92 Å². The Morgan fingerprint density at radius 2 is 1.90 bits per heavy atom. The first-order valence-electron chi connectivity index (χ1n) is 6.40. The Morgan fingerprint density at radius 3 is 2.40 bits per heavy atom. The Kier molecular flexibility index (Phi) is 5.34. The molecule has 110 valence electrons. The number of amides is 1. The number of benzene rings is 1. The molecular weight excluding hydrogens is 322 g/mol. The van der Waals surface area contributed by atoms with Crippen molar-refractivity contribution in [3.8, 4) is 0 Å². The second-order valence-electron chi connectivity index (χ2n) is 5.69. The molecule has 0 aliphatic rings. The van der Waals surface area contributed by atoms with Gasteiger partial charge < -0.3 is 10.1 Å². The van der Waals surface area contributed by atoms with Crippen LogP contribution in [0.3, 0.4) is 0 Å². The molecule has 0 unspecified atom stereocenters. The molecule has 20 heavy (non-hydrogen) atoms. The minimum atomic E-state index is -0.693. The van der Waals surface area contributed by atoms with Crippen molar-refractivity contribution in [2.75, 3.05) is 0 Å². The van der Waals surface area contributed by atoms with Crippen LogP contribution in [0.5, 0.6) is 0 Å². The maximum Gasteiger partial charge on any atom is 0.328 e. The molecule has 0 aliphatic carbocycles. The zero-order valence-corrected chi connectivity index (χ0v) is 14.0. The minimum absolute atomic E-state index is 0.302.